The van der Waals surface area contributed by atoms with Crippen LogP contribution >= 0.6 is 0 Å². The summed E-state index contributed by atoms with van der Waals surface area (Å²) < 4.78 is 18.8. The molecule has 0 spiro atoms. The molecule has 0 fully saturated rings. The number of halogens is 1. The molecule has 2 rings (SSSR count). The molecule has 2 N–H and O–H groups in total. The van der Waals surface area contributed by atoms with Gasteiger partial charge in [0, 0.05) is 30.1 Å². The van der Waals surface area contributed by atoms with Gasteiger partial charge in [0.2, 0.25) is 0 Å². The van der Waals surface area contributed by atoms with Crippen LogP contribution in [0.2, 0.25) is 0 Å². The summed E-state index contributed by atoms with van der Waals surface area (Å²) in [6.07, 6.45) is 3.98. The van der Waals surface area contributed by atoms with Gasteiger partial charge in [0.05, 0.1) is 7.11 Å². The zero-order valence-corrected chi connectivity index (χ0v) is 10.1. The Morgan fingerprint density at radius 3 is 2.61 bits per heavy atom. The molecule has 0 amide bonds. The molecule has 1 aromatic heterocycles. The Bertz CT molecular complexity index is 516. The highest BCUT2D eigenvalue weighted by Gasteiger charge is 2.12. The lowest BCUT2D eigenvalue weighted by molar-refractivity contribution is 0.410. The Hall–Kier alpha value is -1.94. The second-order valence-electron chi connectivity index (χ2n) is 4.05. The first-order chi connectivity index (χ1) is 8.70. The number of methoxy groups -OCH3 is 1. The minimum atomic E-state index is -0.377. The molecule has 0 saturated carbocycles. The van der Waals surface area contributed by atoms with Crippen molar-refractivity contribution in [2.75, 3.05) is 7.11 Å². The molecule has 0 saturated heterocycles. The minimum absolute atomic E-state index is 0.337. The van der Waals surface area contributed by atoms with Crippen molar-refractivity contribution in [3.05, 3.63) is 59.7 Å². The molecule has 1 heterocycles. The molecule has 0 aliphatic heterocycles. The predicted molar refractivity (Wildman–Crippen MR) is 67.8 cm³/mol. The van der Waals surface area contributed by atoms with E-state index in [0.29, 0.717) is 17.7 Å². The number of hydrogen-bond acceptors (Lipinski definition) is 3. The van der Waals surface area contributed by atoms with Crippen LogP contribution in [-0.4, -0.2) is 12.1 Å². The van der Waals surface area contributed by atoms with Crippen LogP contribution in [0.25, 0.3) is 0 Å². The first-order valence-electron chi connectivity index (χ1n) is 5.68. The normalized spacial score (nSPS) is 12.2. The first-order valence-corrected chi connectivity index (χ1v) is 5.68. The van der Waals surface area contributed by atoms with Gasteiger partial charge in [-0.3, -0.25) is 4.98 Å². The summed E-state index contributed by atoms with van der Waals surface area (Å²) in [6, 6.07) is 8.10. The maximum Gasteiger partial charge on any atom is 0.131 e. The second kappa shape index (κ2) is 5.60. The van der Waals surface area contributed by atoms with Crippen LogP contribution in [0, 0.1) is 5.82 Å². The quantitative estimate of drug-likeness (QED) is 0.901. The van der Waals surface area contributed by atoms with E-state index in [-0.39, 0.29) is 11.9 Å². The van der Waals surface area contributed by atoms with E-state index in [4.69, 9.17) is 10.5 Å². The lowest BCUT2D eigenvalue weighted by atomic mass is 10.00. The third-order valence-corrected chi connectivity index (χ3v) is 2.81. The SMILES string of the molecule is COc1ccc(C(N)Cc2ccncc2)c(F)c1. The largest absolute Gasteiger partial charge is 0.497 e. The topological polar surface area (TPSA) is 48.1 Å². The Labute approximate surface area is 105 Å². The predicted octanol–water partition coefficient (Wildman–Crippen LogP) is 2.47. The summed E-state index contributed by atoms with van der Waals surface area (Å²) in [5.74, 6) is 0.156. The van der Waals surface area contributed by atoms with Crippen molar-refractivity contribution in [3.63, 3.8) is 0 Å². The van der Waals surface area contributed by atoms with Crippen LogP contribution in [-0.2, 0) is 6.42 Å². The number of nitrogens with zero attached hydrogens (tertiary/aromatic N) is 1. The van der Waals surface area contributed by atoms with E-state index in [2.05, 4.69) is 4.98 Å². The fourth-order valence-corrected chi connectivity index (χ4v) is 1.82. The Morgan fingerprint density at radius 2 is 2.00 bits per heavy atom. The van der Waals surface area contributed by atoms with Gasteiger partial charge in [0.15, 0.2) is 0 Å². The molecule has 2 aromatic rings. The van der Waals surface area contributed by atoms with Crippen molar-refractivity contribution in [1.82, 2.24) is 4.98 Å². The highest BCUT2D eigenvalue weighted by atomic mass is 19.1. The summed E-state index contributed by atoms with van der Waals surface area (Å²) in [7, 11) is 1.51. The molecule has 1 unspecified atom stereocenters. The van der Waals surface area contributed by atoms with Crippen molar-refractivity contribution in [3.8, 4) is 5.75 Å². The van der Waals surface area contributed by atoms with Gasteiger partial charge in [-0.1, -0.05) is 6.07 Å². The van der Waals surface area contributed by atoms with Gasteiger partial charge in [-0.2, -0.15) is 0 Å². The Morgan fingerprint density at radius 1 is 1.28 bits per heavy atom. The van der Waals surface area contributed by atoms with Crippen LogP contribution < -0.4 is 10.5 Å². The Kier molecular flexibility index (Phi) is 3.89. The van der Waals surface area contributed by atoms with Crippen molar-refractivity contribution >= 4 is 0 Å². The molecule has 0 aliphatic rings. The minimum Gasteiger partial charge on any atom is -0.497 e. The van der Waals surface area contributed by atoms with Gasteiger partial charge in [-0.05, 0) is 30.2 Å². The van der Waals surface area contributed by atoms with E-state index in [1.807, 2.05) is 12.1 Å². The van der Waals surface area contributed by atoms with E-state index < -0.39 is 0 Å². The molecule has 0 radical (unpaired) electrons. The number of pyridine rings is 1. The molecule has 94 valence electrons. The third-order valence-electron chi connectivity index (χ3n) is 2.81. The van der Waals surface area contributed by atoms with E-state index in [0.717, 1.165) is 5.56 Å². The number of nitrogens with two attached hydrogens (primary N) is 1. The lowest BCUT2D eigenvalue weighted by Gasteiger charge is -2.13. The van der Waals surface area contributed by atoms with Crippen molar-refractivity contribution in [2.24, 2.45) is 5.73 Å². The van der Waals surface area contributed by atoms with Gasteiger partial charge in [-0.25, -0.2) is 4.39 Å². The monoisotopic (exact) mass is 246 g/mol. The smallest absolute Gasteiger partial charge is 0.131 e. The molecule has 4 heteroatoms. The fraction of sp³-hybridized carbons (Fsp3) is 0.214. The van der Waals surface area contributed by atoms with E-state index in [1.54, 1.807) is 24.5 Å². The number of ether oxygens (including phenoxy) is 1. The number of hydrogen-bond donors (Lipinski definition) is 1. The van der Waals surface area contributed by atoms with Gasteiger partial charge in [0.1, 0.15) is 11.6 Å². The first kappa shape index (κ1) is 12.5. The van der Waals surface area contributed by atoms with Gasteiger partial charge >= 0.3 is 0 Å². The van der Waals surface area contributed by atoms with Crippen LogP contribution in [0.3, 0.4) is 0 Å². The maximum atomic E-state index is 13.8. The van der Waals surface area contributed by atoms with Crippen molar-refractivity contribution < 1.29 is 9.13 Å². The average molecular weight is 246 g/mol. The summed E-state index contributed by atoms with van der Waals surface area (Å²) in [6.45, 7) is 0. The second-order valence-corrected chi connectivity index (χ2v) is 4.05. The van der Waals surface area contributed by atoms with Crippen LogP contribution in [0.15, 0.2) is 42.7 Å². The van der Waals surface area contributed by atoms with Crippen LogP contribution in [0.1, 0.15) is 17.2 Å². The van der Waals surface area contributed by atoms with Crippen molar-refractivity contribution in [2.45, 2.75) is 12.5 Å². The van der Waals surface area contributed by atoms with E-state index >= 15 is 0 Å². The zero-order chi connectivity index (χ0) is 13.0. The summed E-state index contributed by atoms with van der Waals surface area (Å²) in [5, 5.41) is 0. The van der Waals surface area contributed by atoms with Gasteiger partial charge < -0.3 is 10.5 Å². The summed E-state index contributed by atoms with van der Waals surface area (Å²) in [5.41, 5.74) is 7.55. The maximum absolute atomic E-state index is 13.8. The molecule has 1 atom stereocenters. The summed E-state index contributed by atoms with van der Waals surface area (Å²) >= 11 is 0. The molecule has 0 aliphatic carbocycles. The molecular weight excluding hydrogens is 231 g/mol. The van der Waals surface area contributed by atoms with Crippen LogP contribution in [0.5, 0.6) is 5.75 Å². The molecule has 18 heavy (non-hydrogen) atoms. The highest BCUT2D eigenvalue weighted by Crippen LogP contribution is 2.22. The number of aromatic nitrogens is 1. The lowest BCUT2D eigenvalue weighted by Crippen LogP contribution is -2.15. The average Bonchev–Trinajstić information content (AvgIpc) is 2.39. The Balaban J connectivity index is 2.16. The van der Waals surface area contributed by atoms with E-state index in [1.165, 1.54) is 13.2 Å². The standard InChI is InChI=1S/C14H15FN2O/c1-18-11-2-3-12(13(15)9-11)14(16)8-10-4-6-17-7-5-10/h2-7,9,14H,8,16H2,1H3. The molecule has 0 bridgehead atoms. The summed E-state index contributed by atoms with van der Waals surface area (Å²) in [4.78, 5) is 3.93. The zero-order valence-electron chi connectivity index (χ0n) is 10.1. The van der Waals surface area contributed by atoms with Crippen molar-refractivity contribution in [1.29, 1.82) is 0 Å². The number of rotatable bonds is 4. The van der Waals surface area contributed by atoms with Gasteiger partial charge in [-0.15, -0.1) is 0 Å². The molecule has 1 aromatic carbocycles. The fourth-order valence-electron chi connectivity index (χ4n) is 1.82. The highest BCUT2D eigenvalue weighted by molar-refractivity contribution is 5.31. The van der Waals surface area contributed by atoms with E-state index in [9.17, 15) is 4.39 Å². The third kappa shape index (κ3) is 2.84. The molecular formula is C14H15FN2O. The van der Waals surface area contributed by atoms with Crippen LogP contribution in [0.4, 0.5) is 4.39 Å². The van der Waals surface area contributed by atoms with Gasteiger partial charge in [0.25, 0.3) is 0 Å². The number of benzene rings is 1. The molecule has 3 nitrogen and oxygen atoms in total.